The van der Waals surface area contributed by atoms with Crippen LogP contribution in [0, 0.1) is 0 Å². The first-order valence-corrected chi connectivity index (χ1v) is 4.69. The van der Waals surface area contributed by atoms with Crippen molar-refractivity contribution in [3.05, 3.63) is 0 Å². The van der Waals surface area contributed by atoms with Crippen molar-refractivity contribution in [2.75, 3.05) is 0 Å². The SMILES string of the molecule is CCC(CC)NC(C)OC(C)O. The lowest BCUT2D eigenvalue weighted by molar-refractivity contribution is -0.130. The summed E-state index contributed by atoms with van der Waals surface area (Å²) in [5.41, 5.74) is 0. The molecule has 0 aromatic rings. The summed E-state index contributed by atoms with van der Waals surface area (Å²) in [4.78, 5) is 0. The summed E-state index contributed by atoms with van der Waals surface area (Å²) in [5.74, 6) is 0. The molecule has 0 amide bonds. The normalized spacial score (nSPS) is 16.5. The van der Waals surface area contributed by atoms with Crippen molar-refractivity contribution in [1.29, 1.82) is 0 Å². The monoisotopic (exact) mass is 175 g/mol. The fourth-order valence-corrected chi connectivity index (χ4v) is 1.19. The summed E-state index contributed by atoms with van der Waals surface area (Å²) >= 11 is 0. The molecule has 3 nitrogen and oxygen atoms in total. The molecule has 0 aromatic heterocycles. The standard InChI is InChI=1S/C9H21NO2/c1-5-9(6-2)10-7(3)12-8(4)11/h7-11H,5-6H2,1-4H3. The zero-order chi connectivity index (χ0) is 9.56. The molecule has 0 aliphatic carbocycles. The molecule has 2 unspecified atom stereocenters. The first kappa shape index (κ1) is 11.9. The van der Waals surface area contributed by atoms with E-state index in [-0.39, 0.29) is 6.23 Å². The molecule has 74 valence electrons. The van der Waals surface area contributed by atoms with E-state index in [9.17, 15) is 0 Å². The van der Waals surface area contributed by atoms with Gasteiger partial charge in [-0.3, -0.25) is 5.32 Å². The highest BCUT2D eigenvalue weighted by Gasteiger charge is 2.09. The van der Waals surface area contributed by atoms with E-state index in [0.29, 0.717) is 6.04 Å². The fraction of sp³-hybridized carbons (Fsp3) is 1.00. The fourth-order valence-electron chi connectivity index (χ4n) is 1.19. The third-order valence-corrected chi connectivity index (χ3v) is 1.86. The predicted octanol–water partition coefficient (Wildman–Crippen LogP) is 1.47. The van der Waals surface area contributed by atoms with Crippen LogP contribution in [0.2, 0.25) is 0 Å². The summed E-state index contributed by atoms with van der Waals surface area (Å²) in [6, 6.07) is 0.485. The van der Waals surface area contributed by atoms with E-state index in [1.807, 2.05) is 6.92 Å². The van der Waals surface area contributed by atoms with Crippen LogP contribution in [-0.2, 0) is 4.74 Å². The minimum Gasteiger partial charge on any atom is -0.368 e. The molecule has 0 fully saturated rings. The average molecular weight is 175 g/mol. The van der Waals surface area contributed by atoms with Gasteiger partial charge in [0, 0.05) is 6.04 Å². The van der Waals surface area contributed by atoms with Crippen LogP contribution in [0.1, 0.15) is 40.5 Å². The Morgan fingerprint density at radius 3 is 2.08 bits per heavy atom. The lowest BCUT2D eigenvalue weighted by Crippen LogP contribution is -2.39. The average Bonchev–Trinajstić information content (AvgIpc) is 1.98. The van der Waals surface area contributed by atoms with Gasteiger partial charge in [0.25, 0.3) is 0 Å². The number of hydrogen-bond donors (Lipinski definition) is 2. The van der Waals surface area contributed by atoms with Gasteiger partial charge >= 0.3 is 0 Å². The molecule has 12 heavy (non-hydrogen) atoms. The molecular weight excluding hydrogens is 154 g/mol. The molecule has 0 spiro atoms. The van der Waals surface area contributed by atoms with E-state index in [2.05, 4.69) is 19.2 Å². The number of hydrogen-bond acceptors (Lipinski definition) is 3. The molecule has 0 aliphatic heterocycles. The Balaban J connectivity index is 3.58. The van der Waals surface area contributed by atoms with E-state index in [4.69, 9.17) is 9.84 Å². The van der Waals surface area contributed by atoms with E-state index >= 15 is 0 Å². The van der Waals surface area contributed by atoms with Gasteiger partial charge in [-0.25, -0.2) is 0 Å². The largest absolute Gasteiger partial charge is 0.368 e. The molecule has 0 heterocycles. The van der Waals surface area contributed by atoms with Crippen LogP contribution in [0.4, 0.5) is 0 Å². The molecule has 0 aliphatic rings. The first-order valence-electron chi connectivity index (χ1n) is 4.69. The second kappa shape index (κ2) is 6.40. The highest BCUT2D eigenvalue weighted by atomic mass is 16.6. The number of rotatable bonds is 6. The molecular formula is C9H21NO2. The summed E-state index contributed by atoms with van der Waals surface area (Å²) in [7, 11) is 0. The van der Waals surface area contributed by atoms with Crippen LogP contribution >= 0.6 is 0 Å². The van der Waals surface area contributed by atoms with Gasteiger partial charge in [-0.1, -0.05) is 13.8 Å². The van der Waals surface area contributed by atoms with Crippen LogP contribution in [0.25, 0.3) is 0 Å². The maximum absolute atomic E-state index is 8.92. The maximum Gasteiger partial charge on any atom is 0.153 e. The molecule has 2 atom stereocenters. The Hall–Kier alpha value is -0.120. The predicted molar refractivity (Wildman–Crippen MR) is 49.7 cm³/mol. The number of ether oxygens (including phenoxy) is 1. The Labute approximate surface area is 75.1 Å². The highest BCUT2D eigenvalue weighted by molar-refractivity contribution is 4.63. The van der Waals surface area contributed by atoms with Crippen molar-refractivity contribution in [2.45, 2.75) is 59.1 Å². The lowest BCUT2D eigenvalue weighted by Gasteiger charge is -2.22. The summed E-state index contributed by atoms with van der Waals surface area (Å²) in [6.45, 7) is 7.79. The van der Waals surface area contributed by atoms with Gasteiger partial charge in [0.05, 0.1) is 0 Å². The van der Waals surface area contributed by atoms with E-state index in [1.54, 1.807) is 6.92 Å². The lowest BCUT2D eigenvalue weighted by atomic mass is 10.2. The maximum atomic E-state index is 8.92. The van der Waals surface area contributed by atoms with Crippen molar-refractivity contribution in [2.24, 2.45) is 0 Å². The Morgan fingerprint density at radius 2 is 1.75 bits per heavy atom. The van der Waals surface area contributed by atoms with Gasteiger partial charge in [-0.2, -0.15) is 0 Å². The van der Waals surface area contributed by atoms with Crippen molar-refractivity contribution >= 4 is 0 Å². The molecule has 0 bridgehead atoms. The summed E-state index contributed by atoms with van der Waals surface area (Å²) in [6.07, 6.45) is 1.41. The van der Waals surface area contributed by atoms with Gasteiger partial charge < -0.3 is 9.84 Å². The molecule has 3 heteroatoms. The van der Waals surface area contributed by atoms with Gasteiger partial charge in [0.2, 0.25) is 0 Å². The Bertz CT molecular complexity index is 103. The first-order chi connectivity index (χ1) is 5.60. The minimum atomic E-state index is -0.693. The molecule has 2 N–H and O–H groups in total. The molecule has 0 rings (SSSR count). The van der Waals surface area contributed by atoms with Crippen LogP contribution in [-0.4, -0.2) is 23.7 Å². The van der Waals surface area contributed by atoms with Crippen molar-refractivity contribution < 1.29 is 9.84 Å². The number of nitrogens with one attached hydrogen (secondary N) is 1. The second-order valence-electron chi connectivity index (χ2n) is 3.06. The minimum absolute atomic E-state index is 0.0742. The zero-order valence-corrected chi connectivity index (χ0v) is 8.50. The Kier molecular flexibility index (Phi) is 6.34. The van der Waals surface area contributed by atoms with Crippen LogP contribution in [0.5, 0.6) is 0 Å². The van der Waals surface area contributed by atoms with Crippen molar-refractivity contribution in [3.63, 3.8) is 0 Å². The van der Waals surface area contributed by atoms with E-state index in [0.717, 1.165) is 12.8 Å². The topological polar surface area (TPSA) is 41.5 Å². The molecule has 0 radical (unpaired) electrons. The van der Waals surface area contributed by atoms with Gasteiger partial charge in [0.1, 0.15) is 6.23 Å². The van der Waals surface area contributed by atoms with E-state index < -0.39 is 6.29 Å². The van der Waals surface area contributed by atoms with Crippen molar-refractivity contribution in [3.8, 4) is 0 Å². The van der Waals surface area contributed by atoms with Crippen LogP contribution in [0.3, 0.4) is 0 Å². The Morgan fingerprint density at radius 1 is 1.25 bits per heavy atom. The van der Waals surface area contributed by atoms with Crippen molar-refractivity contribution in [1.82, 2.24) is 5.32 Å². The second-order valence-corrected chi connectivity index (χ2v) is 3.06. The van der Waals surface area contributed by atoms with Crippen LogP contribution < -0.4 is 5.32 Å². The third-order valence-electron chi connectivity index (χ3n) is 1.86. The molecule has 0 saturated carbocycles. The molecule has 0 saturated heterocycles. The smallest absolute Gasteiger partial charge is 0.153 e. The van der Waals surface area contributed by atoms with Gasteiger partial charge in [-0.15, -0.1) is 0 Å². The zero-order valence-electron chi connectivity index (χ0n) is 8.50. The summed E-state index contributed by atoms with van der Waals surface area (Å²) < 4.78 is 5.13. The van der Waals surface area contributed by atoms with E-state index in [1.165, 1.54) is 0 Å². The summed E-state index contributed by atoms with van der Waals surface area (Å²) in [5, 5.41) is 12.2. The van der Waals surface area contributed by atoms with Gasteiger partial charge in [0.15, 0.2) is 6.29 Å². The molecule has 0 aromatic carbocycles. The van der Waals surface area contributed by atoms with Gasteiger partial charge in [-0.05, 0) is 26.7 Å². The quantitative estimate of drug-likeness (QED) is 0.601. The van der Waals surface area contributed by atoms with Crippen LogP contribution in [0.15, 0.2) is 0 Å². The number of aliphatic hydroxyl groups is 1. The number of aliphatic hydroxyl groups excluding tert-OH is 1. The third kappa shape index (κ3) is 5.52. The highest BCUT2D eigenvalue weighted by Crippen LogP contribution is 2.00.